The van der Waals surface area contributed by atoms with Gasteiger partial charge < -0.3 is 28.9 Å². The second-order valence-electron chi connectivity index (χ2n) is 25.9. The van der Waals surface area contributed by atoms with Gasteiger partial charge in [0.15, 0.2) is 0 Å². The first kappa shape index (κ1) is 71.1. The fourth-order valence-electron chi connectivity index (χ4n) is 13.6. The standard InChI is InChI=1S/C29H27FN4O2.C28H27FN4O2.C27H23FN4O2/c1-3-6-27(35)33-15-5-4-7-25(33)29-32-28(26-18-31-14-16-34(26)29)22-10-8-21(9-11-22)19-36-23-12-13-24(30)20(2)17-23;1-3-26(34)32-14-5-4-6-24(32)28-31-27(25-17-30-13-15-33(25)28)21-9-7-20(8-10-21)18-35-22-11-12-23(29)19(2)16-22;1-2-5-25(33)31-14-4-8-23(31)27-30-26(24-17-29-13-15-32(24)27)20-11-9-19(10-12-20)18-34-22-7-3-6-21(28)16-22/h8-14,16-18,25H,4-5,7,15,19H2,1-2H3;3,7-13,15-17,24H,1,4-6,14,18H2,2H3;3,6-7,9-13,15-17,23H,4,8,14,18H2,1H3/t25-;24-;23-/m000/s1. The molecule has 3 aliphatic heterocycles. The van der Waals surface area contributed by atoms with E-state index in [1.54, 1.807) is 95.1 Å². The first-order valence-electron chi connectivity index (χ1n) is 35.0. The Morgan fingerprint density at radius 1 is 0.476 bits per heavy atom. The summed E-state index contributed by atoms with van der Waals surface area (Å²) in [6.45, 7) is 13.6. The molecule has 9 heterocycles. The summed E-state index contributed by atoms with van der Waals surface area (Å²) in [6, 6.07) is 39.2. The monoisotopic (exact) mass is 1410 g/mol. The molecule has 0 saturated carbocycles. The fourth-order valence-corrected chi connectivity index (χ4v) is 13.6. The summed E-state index contributed by atoms with van der Waals surface area (Å²) >= 11 is 0. The van der Waals surface area contributed by atoms with Gasteiger partial charge in [-0.25, -0.2) is 28.1 Å². The molecule has 3 fully saturated rings. The van der Waals surface area contributed by atoms with E-state index in [2.05, 4.69) is 45.2 Å². The number of rotatable bonds is 16. The zero-order chi connectivity index (χ0) is 72.9. The minimum Gasteiger partial charge on any atom is -0.489 e. The molecule has 0 spiro atoms. The van der Waals surface area contributed by atoms with Gasteiger partial charge in [-0.05, 0) is 173 Å². The molecule has 15 rings (SSSR count). The highest BCUT2D eigenvalue weighted by Crippen LogP contribution is 2.39. The van der Waals surface area contributed by atoms with Crippen molar-refractivity contribution in [1.82, 2.24) is 57.8 Å². The summed E-state index contributed by atoms with van der Waals surface area (Å²) in [5.41, 5.74) is 12.0. The number of hydrogen-bond acceptors (Lipinski definition) is 12. The Hall–Kier alpha value is -12.4. The first-order valence-corrected chi connectivity index (χ1v) is 35.0. The maximum Gasteiger partial charge on any atom is 0.299 e. The van der Waals surface area contributed by atoms with Crippen LogP contribution in [0.1, 0.15) is 129 Å². The van der Waals surface area contributed by atoms with Gasteiger partial charge in [-0.1, -0.05) is 97.3 Å². The fraction of sp³-hybridized carbons (Fsp3) is 0.250. The molecule has 530 valence electrons. The molecule has 0 unspecified atom stereocenters. The summed E-state index contributed by atoms with van der Waals surface area (Å²) in [5.74, 6) is 13.8. The van der Waals surface area contributed by atoms with Crippen LogP contribution in [0.2, 0.25) is 0 Å². The third kappa shape index (κ3) is 16.1. The number of likely N-dealkylation sites (tertiary alicyclic amines) is 3. The molecule has 3 saturated heterocycles. The highest BCUT2D eigenvalue weighted by Gasteiger charge is 2.35. The number of piperidine rings is 2. The van der Waals surface area contributed by atoms with Gasteiger partial charge in [0.1, 0.15) is 72.0 Å². The number of imidazole rings is 3. The van der Waals surface area contributed by atoms with Crippen LogP contribution in [0.4, 0.5) is 13.2 Å². The number of hydrogen-bond donors (Lipinski definition) is 0. The minimum absolute atomic E-state index is 0.0669. The van der Waals surface area contributed by atoms with Crippen molar-refractivity contribution in [2.45, 2.75) is 117 Å². The molecule has 0 radical (unpaired) electrons. The lowest BCUT2D eigenvalue weighted by Gasteiger charge is -2.34. The third-order valence-corrected chi connectivity index (χ3v) is 19.0. The molecule has 3 atom stereocenters. The van der Waals surface area contributed by atoms with Crippen molar-refractivity contribution in [1.29, 1.82) is 0 Å². The van der Waals surface area contributed by atoms with Crippen LogP contribution in [0.15, 0.2) is 202 Å². The molecule has 3 amide bonds. The van der Waals surface area contributed by atoms with Gasteiger partial charge >= 0.3 is 0 Å². The number of aromatic nitrogens is 9. The van der Waals surface area contributed by atoms with Gasteiger partial charge in [0, 0.05) is 79.6 Å². The van der Waals surface area contributed by atoms with Gasteiger partial charge in [-0.3, -0.25) is 42.5 Å². The van der Waals surface area contributed by atoms with E-state index < -0.39 is 0 Å². The van der Waals surface area contributed by atoms with Crippen molar-refractivity contribution in [3.63, 3.8) is 0 Å². The van der Waals surface area contributed by atoms with Gasteiger partial charge in [0.25, 0.3) is 11.8 Å². The molecule has 0 N–H and O–H groups in total. The lowest BCUT2D eigenvalue weighted by atomic mass is 10.0. The molecule has 3 aliphatic rings. The molecule has 0 aliphatic carbocycles. The van der Waals surface area contributed by atoms with Crippen LogP contribution in [-0.2, 0) is 34.2 Å². The van der Waals surface area contributed by atoms with E-state index in [1.165, 1.54) is 30.3 Å². The second kappa shape index (κ2) is 32.7. The van der Waals surface area contributed by atoms with Crippen molar-refractivity contribution in [3.8, 4) is 74.7 Å². The number of halogens is 3. The Kier molecular flexibility index (Phi) is 22.2. The van der Waals surface area contributed by atoms with Crippen molar-refractivity contribution < 1.29 is 41.8 Å². The SMILES string of the molecule is C=CC(=O)N1CCCC[C@H]1c1nc(-c2ccc(COc3ccc(F)c(C)c3)cc2)c2cnccn12.CC#CC(=O)N1CCCC[C@H]1c1nc(-c2ccc(COc3ccc(F)c(C)c3)cc2)c2cnccn12.CC#CC(=O)N1CCC[C@H]1c1nc(-c2ccc(COc3cccc(F)c3)cc2)c2cnccn12. The van der Waals surface area contributed by atoms with Crippen LogP contribution in [0.5, 0.6) is 17.2 Å². The number of nitrogens with zero attached hydrogens (tertiary/aromatic N) is 12. The zero-order valence-corrected chi connectivity index (χ0v) is 58.8. The Morgan fingerprint density at radius 3 is 1.23 bits per heavy atom. The van der Waals surface area contributed by atoms with Gasteiger partial charge in [0.2, 0.25) is 5.91 Å². The molecular formula is C84H77F3N12O6. The molecule has 6 aromatic heterocycles. The van der Waals surface area contributed by atoms with E-state index in [1.807, 2.05) is 125 Å². The maximum absolute atomic E-state index is 13.5. The van der Waals surface area contributed by atoms with Crippen LogP contribution in [0.25, 0.3) is 50.3 Å². The van der Waals surface area contributed by atoms with Crippen molar-refractivity contribution >= 4 is 34.3 Å². The second-order valence-corrected chi connectivity index (χ2v) is 25.9. The molecule has 12 aromatic rings. The van der Waals surface area contributed by atoms with Crippen molar-refractivity contribution in [2.75, 3.05) is 19.6 Å². The third-order valence-electron chi connectivity index (χ3n) is 19.0. The summed E-state index contributed by atoms with van der Waals surface area (Å²) in [4.78, 5) is 71.2. The quantitative estimate of drug-likeness (QED) is 0.0661. The van der Waals surface area contributed by atoms with Crippen molar-refractivity contribution in [3.05, 3.63) is 265 Å². The molecule has 0 bridgehead atoms. The molecule has 6 aromatic carbocycles. The Morgan fingerprint density at radius 2 is 0.848 bits per heavy atom. The number of aryl methyl sites for hydroxylation is 2. The largest absolute Gasteiger partial charge is 0.489 e. The maximum atomic E-state index is 13.5. The van der Waals surface area contributed by atoms with Gasteiger partial charge in [-0.15, -0.1) is 0 Å². The number of ether oxygens (including phenoxy) is 3. The summed E-state index contributed by atoms with van der Waals surface area (Å²) < 4.78 is 63.8. The van der Waals surface area contributed by atoms with E-state index in [9.17, 15) is 27.6 Å². The van der Waals surface area contributed by atoms with Crippen LogP contribution >= 0.6 is 0 Å². The number of carbonyl (C=O) groups excluding carboxylic acids is 3. The number of amides is 3. The number of fused-ring (bicyclic) bond motifs is 3. The number of carbonyl (C=O) groups is 3. The van der Waals surface area contributed by atoms with Crippen LogP contribution in [0, 0.1) is 55.0 Å². The van der Waals surface area contributed by atoms with E-state index in [0.717, 1.165) is 136 Å². The zero-order valence-electron chi connectivity index (χ0n) is 58.8. The smallest absolute Gasteiger partial charge is 0.299 e. The molecular weight excluding hydrogens is 1330 g/mol. The average molecular weight is 1410 g/mol. The van der Waals surface area contributed by atoms with Crippen LogP contribution in [-0.4, -0.2) is 95.2 Å². The topological polar surface area (TPSA) is 179 Å². The van der Waals surface area contributed by atoms with E-state index >= 15 is 0 Å². The van der Waals surface area contributed by atoms with Gasteiger partial charge in [0.05, 0.1) is 70.3 Å². The summed E-state index contributed by atoms with van der Waals surface area (Å²) in [6.07, 6.45) is 25.2. The Balaban J connectivity index is 0.000000140. The van der Waals surface area contributed by atoms with E-state index in [-0.39, 0.29) is 53.3 Å². The van der Waals surface area contributed by atoms with Crippen molar-refractivity contribution in [2.24, 2.45) is 0 Å². The predicted molar refractivity (Wildman–Crippen MR) is 394 cm³/mol. The highest BCUT2D eigenvalue weighted by atomic mass is 19.1. The molecule has 21 heteroatoms. The molecule has 105 heavy (non-hydrogen) atoms. The number of benzene rings is 6. The lowest BCUT2D eigenvalue weighted by Crippen LogP contribution is -2.38. The van der Waals surface area contributed by atoms with Gasteiger partial charge in [-0.2, -0.15) is 0 Å². The molecule has 18 nitrogen and oxygen atoms in total. The first-order chi connectivity index (χ1) is 51.2. The summed E-state index contributed by atoms with van der Waals surface area (Å²) in [7, 11) is 0. The van der Waals surface area contributed by atoms with Crippen LogP contribution in [0.3, 0.4) is 0 Å². The normalized spacial score (nSPS) is 15.5. The summed E-state index contributed by atoms with van der Waals surface area (Å²) in [5, 5.41) is 0. The highest BCUT2D eigenvalue weighted by molar-refractivity contribution is 5.94. The van der Waals surface area contributed by atoms with Crippen LogP contribution < -0.4 is 14.2 Å². The Labute approximate surface area is 606 Å². The average Bonchev–Trinajstić information content (AvgIpc) is 1.62. The minimum atomic E-state index is -0.326. The predicted octanol–water partition coefficient (Wildman–Crippen LogP) is 16.0. The van der Waals surface area contributed by atoms with E-state index in [4.69, 9.17) is 29.2 Å². The lowest BCUT2D eigenvalue weighted by molar-refractivity contribution is -0.130. The van der Waals surface area contributed by atoms with E-state index in [0.29, 0.717) is 67.8 Å². The Bertz CT molecular complexity index is 5290.